The van der Waals surface area contributed by atoms with Crippen molar-refractivity contribution in [2.24, 2.45) is 0 Å². The molecule has 0 unspecified atom stereocenters. The van der Waals surface area contributed by atoms with Crippen LogP contribution in [-0.4, -0.2) is 10.1 Å². The fourth-order valence-corrected chi connectivity index (χ4v) is 1.54. The van der Waals surface area contributed by atoms with Gasteiger partial charge in [-0.1, -0.05) is 0 Å². The first-order chi connectivity index (χ1) is 6.60. The Hall–Kier alpha value is -0.810. The van der Waals surface area contributed by atoms with Crippen molar-refractivity contribution in [3.05, 3.63) is 26.6 Å². The first-order valence-corrected chi connectivity index (χ1v) is 4.66. The van der Waals surface area contributed by atoms with Gasteiger partial charge in [-0.25, -0.2) is 13.8 Å². The van der Waals surface area contributed by atoms with E-state index in [1.165, 1.54) is 6.07 Å². The smallest absolute Gasteiger partial charge is 0.281 e. The highest BCUT2D eigenvalue weighted by Crippen LogP contribution is 2.25. The second kappa shape index (κ2) is 4.61. The molecule has 0 saturated heterocycles. The van der Waals surface area contributed by atoms with Gasteiger partial charge < -0.3 is 5.11 Å². The van der Waals surface area contributed by atoms with Crippen molar-refractivity contribution in [2.45, 2.75) is 13.0 Å². The second-order valence-electron chi connectivity index (χ2n) is 2.43. The molecule has 6 heteroatoms. The number of aliphatic hydroxyl groups excluding tert-OH is 1. The van der Waals surface area contributed by atoms with Gasteiger partial charge in [-0.15, -0.1) is 0 Å². The molecule has 1 N–H and O–H groups in total. The Kier molecular flexibility index (Phi) is 3.71. The fourth-order valence-electron chi connectivity index (χ4n) is 0.911. The predicted octanol–water partition coefficient (Wildman–Crippen LogP) is 1.99. The van der Waals surface area contributed by atoms with E-state index in [0.717, 1.165) is 0 Å². The Bertz CT molecular complexity index is 390. The van der Waals surface area contributed by atoms with Crippen molar-refractivity contribution in [1.29, 1.82) is 5.26 Å². The summed E-state index contributed by atoms with van der Waals surface area (Å²) in [5, 5.41) is 17.4. The predicted molar refractivity (Wildman–Crippen MR) is 52.5 cm³/mol. The Morgan fingerprint density at radius 1 is 1.64 bits per heavy atom. The summed E-state index contributed by atoms with van der Waals surface area (Å²) in [6, 6.07) is 3.07. The van der Waals surface area contributed by atoms with E-state index in [4.69, 9.17) is 10.4 Å². The summed E-state index contributed by atoms with van der Waals surface area (Å²) in [7, 11) is 0. The number of alkyl halides is 2. The van der Waals surface area contributed by atoms with E-state index >= 15 is 0 Å². The molecule has 0 atom stereocenters. The van der Waals surface area contributed by atoms with Crippen LogP contribution in [-0.2, 0) is 6.61 Å². The van der Waals surface area contributed by atoms with Crippen molar-refractivity contribution in [2.75, 3.05) is 0 Å². The van der Waals surface area contributed by atoms with Crippen LogP contribution in [0.1, 0.15) is 23.4 Å². The van der Waals surface area contributed by atoms with Gasteiger partial charge in [0.15, 0.2) is 0 Å². The maximum absolute atomic E-state index is 12.4. The summed E-state index contributed by atoms with van der Waals surface area (Å²) in [4.78, 5) is 3.54. The quantitative estimate of drug-likeness (QED) is 0.850. The SMILES string of the molecule is N#Cc1cc(CO)nc(C(F)F)c1I. The van der Waals surface area contributed by atoms with Gasteiger partial charge in [-0.3, -0.25) is 0 Å². The van der Waals surface area contributed by atoms with Crippen LogP contribution in [0.5, 0.6) is 0 Å². The summed E-state index contributed by atoms with van der Waals surface area (Å²) in [6.45, 7) is -0.453. The number of halogens is 3. The molecule has 0 amide bonds. The third kappa shape index (κ3) is 2.16. The van der Waals surface area contributed by atoms with Crippen molar-refractivity contribution in [3.8, 4) is 6.07 Å². The number of nitrogens with zero attached hydrogens (tertiary/aromatic N) is 2. The highest BCUT2D eigenvalue weighted by Gasteiger charge is 2.17. The molecule has 74 valence electrons. The molecular formula is C8H5F2IN2O. The molecule has 0 aliphatic heterocycles. The number of pyridine rings is 1. The topological polar surface area (TPSA) is 56.9 Å². The zero-order valence-electron chi connectivity index (χ0n) is 6.84. The number of aliphatic hydroxyl groups is 1. The molecule has 3 nitrogen and oxygen atoms in total. The van der Waals surface area contributed by atoms with E-state index in [-0.39, 0.29) is 14.8 Å². The highest BCUT2D eigenvalue weighted by molar-refractivity contribution is 14.1. The van der Waals surface area contributed by atoms with Gasteiger partial charge in [0.2, 0.25) is 0 Å². The molecule has 1 rings (SSSR count). The molecule has 1 heterocycles. The second-order valence-corrected chi connectivity index (χ2v) is 3.51. The lowest BCUT2D eigenvalue weighted by Crippen LogP contribution is -2.02. The third-order valence-corrected chi connectivity index (χ3v) is 2.66. The van der Waals surface area contributed by atoms with Gasteiger partial charge in [-0.05, 0) is 28.7 Å². The molecule has 0 aliphatic rings. The molecule has 0 bridgehead atoms. The Labute approximate surface area is 92.5 Å². The van der Waals surface area contributed by atoms with Crippen molar-refractivity contribution in [1.82, 2.24) is 4.98 Å². The minimum atomic E-state index is -2.74. The molecule has 0 saturated carbocycles. The standard InChI is InChI=1S/C8H5F2IN2O/c9-8(10)7-6(11)4(2-12)1-5(3-14)13-7/h1,8,14H,3H2. The van der Waals surface area contributed by atoms with E-state index in [1.54, 1.807) is 28.7 Å². The fraction of sp³-hybridized carbons (Fsp3) is 0.250. The number of hydrogen-bond donors (Lipinski definition) is 1. The first-order valence-electron chi connectivity index (χ1n) is 3.58. The van der Waals surface area contributed by atoms with Crippen LogP contribution in [0.25, 0.3) is 0 Å². The van der Waals surface area contributed by atoms with E-state index in [1.807, 2.05) is 0 Å². The molecule has 0 radical (unpaired) electrons. The molecule has 14 heavy (non-hydrogen) atoms. The van der Waals surface area contributed by atoms with Crippen LogP contribution in [0.3, 0.4) is 0 Å². The lowest BCUT2D eigenvalue weighted by atomic mass is 10.2. The van der Waals surface area contributed by atoms with Crippen LogP contribution < -0.4 is 0 Å². The molecule has 0 aliphatic carbocycles. The minimum absolute atomic E-state index is 0.0808. The molecule has 0 spiro atoms. The summed E-state index contributed by atoms with van der Waals surface area (Å²) in [6.07, 6.45) is -2.74. The average Bonchev–Trinajstić information content (AvgIpc) is 2.17. The Balaban J connectivity index is 3.36. The van der Waals surface area contributed by atoms with E-state index in [9.17, 15) is 8.78 Å². The monoisotopic (exact) mass is 310 g/mol. The lowest BCUT2D eigenvalue weighted by molar-refractivity contribution is 0.144. The number of nitriles is 1. The number of aromatic nitrogens is 1. The van der Waals surface area contributed by atoms with Crippen LogP contribution in [0.15, 0.2) is 6.07 Å². The Morgan fingerprint density at radius 2 is 2.29 bits per heavy atom. The van der Waals surface area contributed by atoms with Gasteiger partial charge in [0.05, 0.1) is 21.4 Å². The normalized spacial score (nSPS) is 10.3. The summed E-state index contributed by atoms with van der Waals surface area (Å²) >= 11 is 1.64. The first kappa shape index (κ1) is 11.3. The van der Waals surface area contributed by atoms with Crippen LogP contribution >= 0.6 is 22.6 Å². The largest absolute Gasteiger partial charge is 0.390 e. The van der Waals surface area contributed by atoms with E-state index < -0.39 is 18.7 Å². The number of hydrogen-bond acceptors (Lipinski definition) is 3. The summed E-state index contributed by atoms with van der Waals surface area (Å²) in [5.41, 5.74) is -0.258. The Morgan fingerprint density at radius 3 is 2.71 bits per heavy atom. The van der Waals surface area contributed by atoms with Crippen molar-refractivity contribution >= 4 is 22.6 Å². The van der Waals surface area contributed by atoms with Gasteiger partial charge in [0, 0.05) is 0 Å². The average molecular weight is 310 g/mol. The zero-order chi connectivity index (χ0) is 10.7. The van der Waals surface area contributed by atoms with Crippen molar-refractivity contribution < 1.29 is 13.9 Å². The van der Waals surface area contributed by atoms with Gasteiger partial charge in [0.1, 0.15) is 11.8 Å². The van der Waals surface area contributed by atoms with Crippen LogP contribution in [0.2, 0.25) is 0 Å². The molecule has 1 aromatic heterocycles. The lowest BCUT2D eigenvalue weighted by Gasteiger charge is -2.06. The van der Waals surface area contributed by atoms with Crippen LogP contribution in [0.4, 0.5) is 8.78 Å². The summed E-state index contributed by atoms with van der Waals surface area (Å²) < 4.78 is 24.9. The van der Waals surface area contributed by atoms with Gasteiger partial charge in [-0.2, -0.15) is 5.26 Å². The minimum Gasteiger partial charge on any atom is -0.390 e. The maximum atomic E-state index is 12.4. The number of rotatable bonds is 2. The van der Waals surface area contributed by atoms with Gasteiger partial charge in [0.25, 0.3) is 6.43 Å². The highest BCUT2D eigenvalue weighted by atomic mass is 127. The molecule has 0 fully saturated rings. The van der Waals surface area contributed by atoms with Gasteiger partial charge >= 0.3 is 0 Å². The van der Waals surface area contributed by atoms with Crippen LogP contribution in [0, 0.1) is 14.9 Å². The molecule has 0 aromatic carbocycles. The molecule has 1 aromatic rings. The third-order valence-electron chi connectivity index (χ3n) is 1.53. The summed E-state index contributed by atoms with van der Waals surface area (Å²) in [5.74, 6) is 0. The van der Waals surface area contributed by atoms with E-state index in [2.05, 4.69) is 4.98 Å². The maximum Gasteiger partial charge on any atom is 0.281 e. The zero-order valence-corrected chi connectivity index (χ0v) is 8.99. The molecular weight excluding hydrogens is 305 g/mol. The van der Waals surface area contributed by atoms with E-state index in [0.29, 0.717) is 0 Å². The van der Waals surface area contributed by atoms with Crippen molar-refractivity contribution in [3.63, 3.8) is 0 Å².